The third-order valence-corrected chi connectivity index (χ3v) is 6.61. The third-order valence-electron chi connectivity index (χ3n) is 5.68. The summed E-state index contributed by atoms with van der Waals surface area (Å²) in [6, 6.07) is 10.0. The van der Waals surface area contributed by atoms with Crippen LogP contribution in [0.5, 0.6) is 11.5 Å². The van der Waals surface area contributed by atoms with Crippen molar-refractivity contribution in [2.75, 3.05) is 19.8 Å². The molecular weight excluding hydrogens is 485 g/mol. The van der Waals surface area contributed by atoms with E-state index in [0.717, 1.165) is 27.1 Å². The van der Waals surface area contributed by atoms with Gasteiger partial charge >= 0.3 is 5.97 Å². The Morgan fingerprint density at radius 2 is 1.97 bits per heavy atom. The second-order valence-corrected chi connectivity index (χ2v) is 8.98. The van der Waals surface area contributed by atoms with Crippen molar-refractivity contribution in [3.05, 3.63) is 64.6 Å². The summed E-state index contributed by atoms with van der Waals surface area (Å²) >= 11 is 1.54. The molecule has 0 aliphatic carbocycles. The van der Waals surface area contributed by atoms with Gasteiger partial charge in [-0.15, -0.1) is 11.3 Å². The maximum absolute atomic E-state index is 13.7. The zero-order valence-corrected chi connectivity index (χ0v) is 21.2. The Balaban J connectivity index is 1.47. The standard InChI is InChI=1S/C27H28FNO6S/c1-4-32-23-15-18(28)7-8-20(23)26-29-21(16(3)35-26)10-12-34-22-9-6-17(19-11-13-36-25(19)22)14-24(27(30)31)33-5-2/h6-9,11,13,15,24H,4-5,10,12,14H2,1-3H3,(H,30,31). The average molecular weight is 514 g/mol. The molecule has 2 aromatic carbocycles. The summed E-state index contributed by atoms with van der Waals surface area (Å²) < 4.78 is 37.5. The molecule has 1 unspecified atom stereocenters. The summed E-state index contributed by atoms with van der Waals surface area (Å²) in [5, 5.41) is 12.4. The van der Waals surface area contributed by atoms with Crippen LogP contribution in [-0.4, -0.2) is 42.0 Å². The molecular formula is C27H28FNO6S. The smallest absolute Gasteiger partial charge is 0.333 e. The molecule has 36 heavy (non-hydrogen) atoms. The van der Waals surface area contributed by atoms with Crippen molar-refractivity contribution in [2.24, 2.45) is 0 Å². The first-order chi connectivity index (χ1) is 17.4. The number of aryl methyl sites for hydroxylation is 1. The van der Waals surface area contributed by atoms with E-state index in [2.05, 4.69) is 4.98 Å². The van der Waals surface area contributed by atoms with Gasteiger partial charge in [0.05, 0.1) is 29.2 Å². The monoisotopic (exact) mass is 513 g/mol. The van der Waals surface area contributed by atoms with Gasteiger partial charge in [0.15, 0.2) is 6.10 Å². The van der Waals surface area contributed by atoms with Crippen LogP contribution < -0.4 is 9.47 Å². The summed E-state index contributed by atoms with van der Waals surface area (Å²) in [6.45, 7) is 6.55. The van der Waals surface area contributed by atoms with Crippen LogP contribution in [0.25, 0.3) is 21.5 Å². The van der Waals surface area contributed by atoms with Crippen LogP contribution in [0, 0.1) is 12.7 Å². The fraction of sp³-hybridized carbons (Fsp3) is 0.333. The lowest BCUT2D eigenvalue weighted by Crippen LogP contribution is -2.26. The number of aliphatic carboxylic acids is 1. The number of hydrogen-bond acceptors (Lipinski definition) is 7. The molecule has 4 aromatic rings. The normalized spacial score (nSPS) is 12.1. The topological polar surface area (TPSA) is 91.0 Å². The van der Waals surface area contributed by atoms with Crippen LogP contribution >= 0.6 is 11.3 Å². The summed E-state index contributed by atoms with van der Waals surface area (Å²) in [5.41, 5.74) is 2.24. The third kappa shape index (κ3) is 5.68. The number of carboxylic acids is 1. The SMILES string of the molecule is CCOc1cc(F)ccc1-c1nc(CCOc2ccc(CC(OCC)C(=O)O)c3ccsc23)c(C)o1. The first kappa shape index (κ1) is 25.7. The molecule has 0 aliphatic heterocycles. The van der Waals surface area contributed by atoms with Crippen molar-refractivity contribution < 1.29 is 32.9 Å². The molecule has 0 aliphatic rings. The zero-order valence-electron chi connectivity index (χ0n) is 20.4. The van der Waals surface area contributed by atoms with Gasteiger partial charge in [-0.3, -0.25) is 0 Å². The molecule has 4 rings (SSSR count). The molecule has 0 radical (unpaired) electrons. The van der Waals surface area contributed by atoms with Gasteiger partial charge in [0.25, 0.3) is 0 Å². The quantitative estimate of drug-likeness (QED) is 0.246. The van der Waals surface area contributed by atoms with Crippen molar-refractivity contribution in [1.29, 1.82) is 0 Å². The van der Waals surface area contributed by atoms with Crippen LogP contribution in [0.4, 0.5) is 4.39 Å². The molecule has 0 saturated carbocycles. The number of ether oxygens (including phenoxy) is 3. The number of halogens is 1. The molecule has 2 aromatic heterocycles. The number of carboxylic acid groups (broad SMARTS) is 1. The van der Waals surface area contributed by atoms with E-state index in [1.54, 1.807) is 24.3 Å². The maximum atomic E-state index is 13.7. The van der Waals surface area contributed by atoms with Crippen LogP contribution in [0.2, 0.25) is 0 Å². The van der Waals surface area contributed by atoms with Gasteiger partial charge in [0, 0.05) is 25.5 Å². The maximum Gasteiger partial charge on any atom is 0.333 e. The van der Waals surface area contributed by atoms with Gasteiger partial charge in [0.2, 0.25) is 5.89 Å². The van der Waals surface area contributed by atoms with E-state index in [1.165, 1.54) is 12.1 Å². The van der Waals surface area contributed by atoms with Crippen molar-refractivity contribution >= 4 is 27.4 Å². The highest BCUT2D eigenvalue weighted by Gasteiger charge is 2.21. The van der Waals surface area contributed by atoms with Gasteiger partial charge in [-0.25, -0.2) is 14.2 Å². The molecule has 0 spiro atoms. The second kappa shape index (κ2) is 11.5. The lowest BCUT2D eigenvalue weighted by Gasteiger charge is -2.14. The number of carbonyl (C=O) groups is 1. The van der Waals surface area contributed by atoms with Crippen LogP contribution in [0.15, 0.2) is 46.2 Å². The molecule has 9 heteroatoms. The lowest BCUT2D eigenvalue weighted by molar-refractivity contribution is -0.149. The summed E-state index contributed by atoms with van der Waals surface area (Å²) in [5.74, 6) is 0.783. The summed E-state index contributed by atoms with van der Waals surface area (Å²) in [7, 11) is 0. The number of benzene rings is 2. The van der Waals surface area contributed by atoms with Gasteiger partial charge in [-0.2, -0.15) is 0 Å². The first-order valence-electron chi connectivity index (χ1n) is 11.8. The molecule has 0 saturated heterocycles. The van der Waals surface area contributed by atoms with E-state index >= 15 is 0 Å². The molecule has 1 atom stereocenters. The van der Waals surface area contributed by atoms with Crippen LogP contribution in [0.1, 0.15) is 30.9 Å². The number of rotatable bonds is 12. The van der Waals surface area contributed by atoms with Crippen LogP contribution in [0.3, 0.4) is 0 Å². The Bertz CT molecular complexity index is 1350. The Morgan fingerprint density at radius 3 is 2.72 bits per heavy atom. The Morgan fingerprint density at radius 1 is 1.14 bits per heavy atom. The van der Waals surface area contributed by atoms with E-state index in [0.29, 0.717) is 49.2 Å². The van der Waals surface area contributed by atoms with Gasteiger partial charge in [-0.1, -0.05) is 6.07 Å². The second-order valence-electron chi connectivity index (χ2n) is 8.07. The van der Waals surface area contributed by atoms with Crippen molar-refractivity contribution in [2.45, 2.75) is 39.7 Å². The van der Waals surface area contributed by atoms with E-state index in [4.69, 9.17) is 18.6 Å². The minimum absolute atomic E-state index is 0.282. The van der Waals surface area contributed by atoms with E-state index < -0.39 is 12.1 Å². The summed E-state index contributed by atoms with van der Waals surface area (Å²) in [6.07, 6.45) is -0.0933. The molecule has 2 heterocycles. The fourth-order valence-corrected chi connectivity index (χ4v) is 4.89. The minimum atomic E-state index is -0.975. The minimum Gasteiger partial charge on any atom is -0.493 e. The molecule has 190 valence electrons. The van der Waals surface area contributed by atoms with Crippen molar-refractivity contribution in [3.63, 3.8) is 0 Å². The van der Waals surface area contributed by atoms with Gasteiger partial charge in [0.1, 0.15) is 23.1 Å². The molecule has 1 N–H and O–H groups in total. The average Bonchev–Trinajstić information content (AvgIpc) is 3.48. The first-order valence-corrected chi connectivity index (χ1v) is 12.6. The molecule has 0 bridgehead atoms. The van der Waals surface area contributed by atoms with Crippen molar-refractivity contribution in [1.82, 2.24) is 4.98 Å². The van der Waals surface area contributed by atoms with E-state index in [-0.39, 0.29) is 12.2 Å². The van der Waals surface area contributed by atoms with Gasteiger partial charge in [-0.05, 0) is 61.4 Å². The number of aromatic nitrogens is 1. The zero-order chi connectivity index (χ0) is 25.7. The van der Waals surface area contributed by atoms with Crippen LogP contribution in [-0.2, 0) is 22.4 Å². The Labute approximate surface area is 212 Å². The highest BCUT2D eigenvalue weighted by molar-refractivity contribution is 7.17. The van der Waals surface area contributed by atoms with E-state index in [9.17, 15) is 14.3 Å². The predicted molar refractivity (Wildman–Crippen MR) is 136 cm³/mol. The number of hydrogen-bond donors (Lipinski definition) is 1. The number of thiophene rings is 1. The van der Waals surface area contributed by atoms with Crippen molar-refractivity contribution in [3.8, 4) is 23.0 Å². The molecule has 7 nitrogen and oxygen atoms in total. The fourth-order valence-electron chi connectivity index (χ4n) is 3.99. The molecule has 0 amide bonds. The van der Waals surface area contributed by atoms with E-state index in [1.807, 2.05) is 37.4 Å². The summed E-state index contributed by atoms with van der Waals surface area (Å²) in [4.78, 5) is 16.1. The lowest BCUT2D eigenvalue weighted by atomic mass is 10.0. The Hall–Kier alpha value is -3.43. The Kier molecular flexibility index (Phi) is 8.22. The highest BCUT2D eigenvalue weighted by Crippen LogP contribution is 2.35. The molecule has 0 fully saturated rings. The number of oxazole rings is 1. The predicted octanol–water partition coefficient (Wildman–Crippen LogP) is 6.06. The largest absolute Gasteiger partial charge is 0.493 e. The van der Waals surface area contributed by atoms with Gasteiger partial charge < -0.3 is 23.7 Å². The highest BCUT2D eigenvalue weighted by atomic mass is 32.1. The number of fused-ring (bicyclic) bond motifs is 1. The number of nitrogens with zero attached hydrogens (tertiary/aromatic N) is 1.